The second kappa shape index (κ2) is 6.01. The zero-order chi connectivity index (χ0) is 18.3. The molecule has 0 aliphatic rings. The van der Waals surface area contributed by atoms with E-state index in [0.29, 0.717) is 10.8 Å². The predicted molar refractivity (Wildman–Crippen MR) is 101 cm³/mol. The topological polar surface area (TPSA) is 74.6 Å². The van der Waals surface area contributed by atoms with Gasteiger partial charge in [0.2, 0.25) is 0 Å². The molecule has 26 heavy (non-hydrogen) atoms. The van der Waals surface area contributed by atoms with Crippen molar-refractivity contribution < 1.29 is 19.8 Å². The summed E-state index contributed by atoms with van der Waals surface area (Å²) in [6, 6.07) is 21.6. The van der Waals surface area contributed by atoms with Gasteiger partial charge in [0.05, 0.1) is 11.1 Å². The van der Waals surface area contributed by atoms with Crippen LogP contribution in [0.25, 0.3) is 32.7 Å². The van der Waals surface area contributed by atoms with Crippen molar-refractivity contribution in [3.8, 4) is 11.1 Å². The fourth-order valence-corrected chi connectivity index (χ4v) is 3.30. The Bertz CT molecular complexity index is 1180. The molecule has 4 heteroatoms. The zero-order valence-electron chi connectivity index (χ0n) is 13.6. The number of benzene rings is 4. The van der Waals surface area contributed by atoms with Gasteiger partial charge in [0.1, 0.15) is 0 Å². The van der Waals surface area contributed by atoms with Gasteiger partial charge in [0.15, 0.2) is 0 Å². The monoisotopic (exact) mass is 342 g/mol. The zero-order valence-corrected chi connectivity index (χ0v) is 13.6. The maximum Gasteiger partial charge on any atom is 0.336 e. The number of carboxylic acids is 2. The molecule has 0 radical (unpaired) electrons. The van der Waals surface area contributed by atoms with E-state index in [4.69, 9.17) is 0 Å². The highest BCUT2D eigenvalue weighted by atomic mass is 16.4. The average molecular weight is 342 g/mol. The van der Waals surface area contributed by atoms with Gasteiger partial charge >= 0.3 is 11.9 Å². The van der Waals surface area contributed by atoms with E-state index in [1.807, 2.05) is 42.5 Å². The Morgan fingerprint density at radius 3 is 2.08 bits per heavy atom. The van der Waals surface area contributed by atoms with Crippen LogP contribution in [-0.2, 0) is 0 Å². The van der Waals surface area contributed by atoms with Crippen LogP contribution in [0.3, 0.4) is 0 Å². The first-order chi connectivity index (χ1) is 12.5. The normalized spacial score (nSPS) is 10.9. The summed E-state index contributed by atoms with van der Waals surface area (Å²) < 4.78 is 0. The van der Waals surface area contributed by atoms with Crippen LogP contribution >= 0.6 is 0 Å². The second-order valence-corrected chi connectivity index (χ2v) is 6.10. The minimum Gasteiger partial charge on any atom is -0.478 e. The molecule has 0 atom stereocenters. The molecule has 126 valence electrons. The van der Waals surface area contributed by atoms with Crippen molar-refractivity contribution in [2.75, 3.05) is 0 Å². The molecule has 0 saturated carbocycles. The van der Waals surface area contributed by atoms with Gasteiger partial charge in [0.25, 0.3) is 0 Å². The summed E-state index contributed by atoms with van der Waals surface area (Å²) in [6.07, 6.45) is 0. The summed E-state index contributed by atoms with van der Waals surface area (Å²) >= 11 is 0. The van der Waals surface area contributed by atoms with E-state index in [9.17, 15) is 19.8 Å². The first-order valence-electron chi connectivity index (χ1n) is 8.07. The smallest absolute Gasteiger partial charge is 0.336 e. The Kier molecular flexibility index (Phi) is 3.66. The Balaban J connectivity index is 2.14. The largest absolute Gasteiger partial charge is 0.478 e. The molecule has 0 bridgehead atoms. The molecule has 0 aliphatic heterocycles. The molecule has 0 saturated heterocycles. The summed E-state index contributed by atoms with van der Waals surface area (Å²) in [4.78, 5) is 23.1. The number of hydrogen-bond acceptors (Lipinski definition) is 2. The fraction of sp³-hybridized carbons (Fsp3) is 0. The third-order valence-corrected chi connectivity index (χ3v) is 4.51. The van der Waals surface area contributed by atoms with E-state index in [1.54, 1.807) is 30.3 Å². The summed E-state index contributed by atoms with van der Waals surface area (Å²) in [7, 11) is 0. The van der Waals surface area contributed by atoms with Crippen LogP contribution in [0.5, 0.6) is 0 Å². The molecule has 0 spiro atoms. The van der Waals surface area contributed by atoms with Crippen molar-refractivity contribution in [3.63, 3.8) is 0 Å². The van der Waals surface area contributed by atoms with E-state index >= 15 is 0 Å². The van der Waals surface area contributed by atoms with Crippen molar-refractivity contribution in [1.29, 1.82) is 0 Å². The number of aromatic carboxylic acids is 2. The van der Waals surface area contributed by atoms with Gasteiger partial charge < -0.3 is 10.2 Å². The van der Waals surface area contributed by atoms with Crippen LogP contribution in [0.1, 0.15) is 20.7 Å². The number of rotatable bonds is 3. The second-order valence-electron chi connectivity index (χ2n) is 6.10. The fourth-order valence-electron chi connectivity index (χ4n) is 3.30. The Hall–Kier alpha value is -3.66. The molecule has 0 amide bonds. The van der Waals surface area contributed by atoms with Gasteiger partial charge in [-0.1, -0.05) is 42.5 Å². The van der Waals surface area contributed by atoms with Gasteiger partial charge in [-0.25, -0.2) is 9.59 Å². The van der Waals surface area contributed by atoms with Crippen LogP contribution in [0.4, 0.5) is 0 Å². The van der Waals surface area contributed by atoms with Crippen LogP contribution < -0.4 is 0 Å². The van der Waals surface area contributed by atoms with Gasteiger partial charge in [-0.15, -0.1) is 0 Å². The summed E-state index contributed by atoms with van der Waals surface area (Å²) in [6.45, 7) is 0. The molecule has 4 rings (SSSR count). The molecular weight excluding hydrogens is 328 g/mol. The lowest BCUT2D eigenvalue weighted by atomic mass is 9.92. The number of carboxylic acid groups (broad SMARTS) is 2. The Morgan fingerprint density at radius 1 is 0.654 bits per heavy atom. The minimum absolute atomic E-state index is 0.170. The van der Waals surface area contributed by atoms with Crippen LogP contribution in [0, 0.1) is 0 Å². The van der Waals surface area contributed by atoms with Gasteiger partial charge in [0, 0.05) is 0 Å². The molecule has 0 aromatic heterocycles. The summed E-state index contributed by atoms with van der Waals surface area (Å²) in [5.41, 5.74) is 2.09. The van der Waals surface area contributed by atoms with E-state index in [-0.39, 0.29) is 11.1 Å². The third kappa shape index (κ3) is 2.58. The number of fused-ring (bicyclic) bond motifs is 2. The third-order valence-electron chi connectivity index (χ3n) is 4.51. The Morgan fingerprint density at radius 2 is 1.38 bits per heavy atom. The predicted octanol–water partition coefficient (Wildman–Crippen LogP) is 5.06. The lowest BCUT2D eigenvalue weighted by molar-refractivity contribution is 0.0687. The SMILES string of the molecule is O=C(O)c1cc(-c2ccccc2)c2cc3cccc(C(=O)O)c3cc2c1. The van der Waals surface area contributed by atoms with E-state index in [2.05, 4.69) is 0 Å². The van der Waals surface area contributed by atoms with Crippen LogP contribution in [-0.4, -0.2) is 22.2 Å². The van der Waals surface area contributed by atoms with Gasteiger partial charge in [-0.05, 0) is 63.0 Å². The van der Waals surface area contributed by atoms with E-state index in [1.165, 1.54) is 0 Å². The van der Waals surface area contributed by atoms with Crippen molar-refractivity contribution in [2.45, 2.75) is 0 Å². The molecule has 0 unspecified atom stereocenters. The standard InChI is InChI=1S/C22H14O4/c23-21(24)16-9-15-11-19-14(7-4-8-17(19)22(25)26)10-20(15)18(12-16)13-5-2-1-3-6-13/h1-12H,(H,23,24)(H,25,26). The van der Waals surface area contributed by atoms with Gasteiger partial charge in [-0.3, -0.25) is 0 Å². The lowest BCUT2D eigenvalue weighted by Gasteiger charge is -2.12. The quantitative estimate of drug-likeness (QED) is 0.511. The highest BCUT2D eigenvalue weighted by Gasteiger charge is 2.14. The van der Waals surface area contributed by atoms with E-state index in [0.717, 1.165) is 21.9 Å². The molecule has 4 aromatic rings. The van der Waals surface area contributed by atoms with E-state index < -0.39 is 11.9 Å². The first kappa shape index (κ1) is 15.8. The first-order valence-corrected chi connectivity index (χ1v) is 8.07. The molecular formula is C22H14O4. The average Bonchev–Trinajstić information content (AvgIpc) is 2.65. The molecule has 0 heterocycles. The molecule has 0 aliphatic carbocycles. The molecule has 2 N–H and O–H groups in total. The molecule has 4 aromatic carbocycles. The summed E-state index contributed by atoms with van der Waals surface area (Å²) in [5, 5.41) is 21.9. The number of carbonyl (C=O) groups is 2. The maximum atomic E-state index is 11.6. The van der Waals surface area contributed by atoms with Crippen molar-refractivity contribution >= 4 is 33.5 Å². The minimum atomic E-state index is -1.02. The van der Waals surface area contributed by atoms with Crippen LogP contribution in [0.15, 0.2) is 72.8 Å². The molecule has 0 fully saturated rings. The van der Waals surface area contributed by atoms with Gasteiger partial charge in [-0.2, -0.15) is 0 Å². The highest BCUT2D eigenvalue weighted by molar-refractivity contribution is 6.12. The number of hydrogen-bond donors (Lipinski definition) is 2. The summed E-state index contributed by atoms with van der Waals surface area (Å²) in [5.74, 6) is -2.02. The van der Waals surface area contributed by atoms with Crippen molar-refractivity contribution in [2.24, 2.45) is 0 Å². The van der Waals surface area contributed by atoms with Crippen molar-refractivity contribution in [3.05, 3.63) is 83.9 Å². The van der Waals surface area contributed by atoms with Crippen molar-refractivity contribution in [1.82, 2.24) is 0 Å². The highest BCUT2D eigenvalue weighted by Crippen LogP contribution is 2.34. The van der Waals surface area contributed by atoms with Crippen LogP contribution in [0.2, 0.25) is 0 Å². The lowest BCUT2D eigenvalue weighted by Crippen LogP contribution is -1.99. The Labute approximate surface area is 148 Å². The maximum absolute atomic E-state index is 11.6. The molecule has 4 nitrogen and oxygen atoms in total.